The quantitative estimate of drug-likeness (QED) is 0.384. The van der Waals surface area contributed by atoms with Gasteiger partial charge in [-0.05, 0) is 23.3 Å². The highest BCUT2D eigenvalue weighted by molar-refractivity contribution is 5.87. The van der Waals surface area contributed by atoms with Crippen LogP contribution in [0, 0.1) is 0 Å². The summed E-state index contributed by atoms with van der Waals surface area (Å²) in [5.41, 5.74) is 2.11. The minimum Gasteiger partial charge on any atom is -0.394 e. The van der Waals surface area contributed by atoms with E-state index in [-0.39, 0.29) is 6.04 Å². The van der Waals surface area contributed by atoms with Crippen molar-refractivity contribution in [2.45, 2.75) is 37.5 Å². The largest absolute Gasteiger partial charge is 0.394 e. The average molecular weight is 421 g/mol. The zero-order chi connectivity index (χ0) is 21.5. The summed E-state index contributed by atoms with van der Waals surface area (Å²) in [5, 5.41) is 35.5. The summed E-state index contributed by atoms with van der Waals surface area (Å²) in [7, 11) is 0. The topological polar surface area (TPSA) is 126 Å². The van der Waals surface area contributed by atoms with E-state index in [1.807, 2.05) is 18.2 Å². The molecule has 31 heavy (non-hydrogen) atoms. The third-order valence-electron chi connectivity index (χ3n) is 5.79. The normalized spacial score (nSPS) is 24.6. The average Bonchev–Trinajstić information content (AvgIpc) is 3.35. The van der Waals surface area contributed by atoms with Crippen molar-refractivity contribution in [3.8, 4) is 0 Å². The number of aliphatic hydroxyl groups is 3. The highest BCUT2D eigenvalue weighted by Crippen LogP contribution is 2.33. The van der Waals surface area contributed by atoms with E-state index in [1.165, 1.54) is 12.7 Å². The van der Waals surface area contributed by atoms with Crippen molar-refractivity contribution in [3.63, 3.8) is 0 Å². The molecule has 1 fully saturated rings. The molecule has 0 bridgehead atoms. The van der Waals surface area contributed by atoms with Crippen LogP contribution in [0.1, 0.15) is 24.8 Å². The highest BCUT2D eigenvalue weighted by atomic mass is 16.6. The molecule has 1 aliphatic heterocycles. The number of anilines is 1. The van der Waals surface area contributed by atoms with Crippen LogP contribution in [0.25, 0.3) is 21.9 Å². The molecule has 0 spiro atoms. The molecule has 2 aromatic carbocycles. The Balaban J connectivity index is 1.48. The number of hydrogen-bond acceptors (Lipinski definition) is 8. The molecule has 5 rings (SSSR count). The molecule has 4 aromatic rings. The monoisotopic (exact) mass is 421 g/mol. The van der Waals surface area contributed by atoms with E-state index in [0.717, 1.165) is 16.3 Å². The van der Waals surface area contributed by atoms with Crippen molar-refractivity contribution < 1.29 is 20.1 Å². The Hall–Kier alpha value is -3.11. The smallest absolute Gasteiger partial charge is 0.167 e. The van der Waals surface area contributed by atoms with Gasteiger partial charge in [0.1, 0.15) is 24.6 Å². The molecule has 3 unspecified atom stereocenters. The predicted molar refractivity (Wildman–Crippen MR) is 114 cm³/mol. The molecule has 160 valence electrons. The van der Waals surface area contributed by atoms with E-state index < -0.39 is 31.1 Å². The van der Waals surface area contributed by atoms with Crippen LogP contribution in [0.3, 0.4) is 0 Å². The lowest BCUT2D eigenvalue weighted by Gasteiger charge is -2.18. The Morgan fingerprint density at radius 2 is 1.87 bits per heavy atom. The Morgan fingerprint density at radius 1 is 1.06 bits per heavy atom. The van der Waals surface area contributed by atoms with Crippen LogP contribution in [0.5, 0.6) is 0 Å². The third-order valence-corrected chi connectivity index (χ3v) is 5.79. The second-order valence-corrected chi connectivity index (χ2v) is 7.71. The zero-order valence-electron chi connectivity index (χ0n) is 16.8. The molecular weight excluding hydrogens is 398 g/mol. The van der Waals surface area contributed by atoms with E-state index in [4.69, 9.17) is 4.74 Å². The standard InChI is InChI=1S/C22H23N5O4/c1-12(14-8-4-6-13-5-2-3-7-15(13)14)26-20-17-21(24-10-23-20)27(11-25-17)22-19(30)18(29)16(9-28)31-22/h2-8,10-12,16,18-19,22,28-30H,9H2,1H3,(H,23,24,26)/t12?,16-,18?,19?,22-/m1/s1. The summed E-state index contributed by atoms with van der Waals surface area (Å²) < 4.78 is 7.17. The fourth-order valence-corrected chi connectivity index (χ4v) is 4.16. The first-order valence-electron chi connectivity index (χ1n) is 10.1. The van der Waals surface area contributed by atoms with Gasteiger partial charge in [-0.3, -0.25) is 4.57 Å². The first kappa shape index (κ1) is 19.8. The predicted octanol–water partition coefficient (Wildman–Crippen LogP) is 1.76. The van der Waals surface area contributed by atoms with Gasteiger partial charge in [0.25, 0.3) is 0 Å². The molecule has 9 heteroatoms. The van der Waals surface area contributed by atoms with E-state index in [0.29, 0.717) is 17.0 Å². The van der Waals surface area contributed by atoms with Crippen LogP contribution in [0.2, 0.25) is 0 Å². The number of nitrogens with one attached hydrogen (secondary N) is 1. The fourth-order valence-electron chi connectivity index (χ4n) is 4.16. The number of benzene rings is 2. The Morgan fingerprint density at radius 3 is 2.68 bits per heavy atom. The van der Waals surface area contributed by atoms with E-state index in [9.17, 15) is 15.3 Å². The third kappa shape index (κ3) is 3.31. The van der Waals surface area contributed by atoms with Crippen LogP contribution >= 0.6 is 0 Å². The number of ether oxygens (including phenoxy) is 1. The maximum atomic E-state index is 10.4. The molecule has 2 aromatic heterocycles. The lowest BCUT2D eigenvalue weighted by Crippen LogP contribution is -2.33. The van der Waals surface area contributed by atoms with Gasteiger partial charge in [-0.1, -0.05) is 42.5 Å². The van der Waals surface area contributed by atoms with Gasteiger partial charge in [0.2, 0.25) is 0 Å². The van der Waals surface area contributed by atoms with Crippen molar-refractivity contribution >= 4 is 27.8 Å². The van der Waals surface area contributed by atoms with Gasteiger partial charge >= 0.3 is 0 Å². The minimum absolute atomic E-state index is 0.0525. The maximum absolute atomic E-state index is 10.4. The van der Waals surface area contributed by atoms with Crippen LogP contribution in [0.15, 0.2) is 55.1 Å². The van der Waals surface area contributed by atoms with Crippen LogP contribution in [-0.4, -0.2) is 59.8 Å². The zero-order valence-corrected chi connectivity index (χ0v) is 16.8. The number of rotatable bonds is 5. The summed E-state index contributed by atoms with van der Waals surface area (Å²) in [6.07, 6.45) is -1.28. The first-order valence-corrected chi connectivity index (χ1v) is 10.1. The minimum atomic E-state index is -1.21. The molecule has 0 amide bonds. The number of imidazole rings is 1. The van der Waals surface area contributed by atoms with Gasteiger partial charge in [-0.2, -0.15) is 0 Å². The molecule has 0 saturated carbocycles. The van der Waals surface area contributed by atoms with Gasteiger partial charge in [-0.15, -0.1) is 0 Å². The number of aromatic nitrogens is 4. The van der Waals surface area contributed by atoms with E-state index in [2.05, 4.69) is 51.5 Å². The Bertz CT molecular complexity index is 1220. The van der Waals surface area contributed by atoms with E-state index >= 15 is 0 Å². The lowest BCUT2D eigenvalue weighted by molar-refractivity contribution is -0.0511. The van der Waals surface area contributed by atoms with Gasteiger partial charge in [-0.25, -0.2) is 15.0 Å². The summed E-state index contributed by atoms with van der Waals surface area (Å²) >= 11 is 0. The second kappa shape index (κ2) is 7.86. The summed E-state index contributed by atoms with van der Waals surface area (Å²) in [6.45, 7) is 1.66. The molecule has 4 N–H and O–H groups in total. The molecule has 3 heterocycles. The molecule has 0 radical (unpaired) electrons. The molecular formula is C22H23N5O4. The number of hydrogen-bond donors (Lipinski definition) is 4. The van der Waals surface area contributed by atoms with Crippen LogP contribution < -0.4 is 5.32 Å². The van der Waals surface area contributed by atoms with E-state index in [1.54, 1.807) is 4.57 Å². The maximum Gasteiger partial charge on any atom is 0.167 e. The lowest BCUT2D eigenvalue weighted by atomic mass is 10.00. The molecule has 9 nitrogen and oxygen atoms in total. The second-order valence-electron chi connectivity index (χ2n) is 7.71. The van der Waals surface area contributed by atoms with Crippen LogP contribution in [0.4, 0.5) is 5.82 Å². The van der Waals surface area contributed by atoms with Crippen molar-refractivity contribution in [2.75, 3.05) is 11.9 Å². The molecule has 1 aliphatic rings. The van der Waals surface area contributed by atoms with Crippen LogP contribution in [-0.2, 0) is 4.74 Å². The molecule has 0 aliphatic carbocycles. The first-order chi connectivity index (χ1) is 15.1. The SMILES string of the molecule is CC(Nc1ncnc2c1ncn2[C@@H]1O[C@H](CO)C(O)C1O)c1cccc2ccccc12. The molecule has 5 atom stereocenters. The van der Waals surface area contributed by atoms with Gasteiger partial charge in [0.05, 0.1) is 19.0 Å². The highest BCUT2D eigenvalue weighted by Gasteiger charge is 2.44. The number of aliphatic hydroxyl groups excluding tert-OH is 3. The van der Waals surface area contributed by atoms with Gasteiger partial charge in [0, 0.05) is 0 Å². The number of fused-ring (bicyclic) bond motifs is 2. The van der Waals surface area contributed by atoms with Crippen molar-refractivity contribution in [1.29, 1.82) is 0 Å². The fraction of sp³-hybridized carbons (Fsp3) is 0.318. The summed E-state index contributed by atoms with van der Waals surface area (Å²) in [4.78, 5) is 13.1. The van der Waals surface area contributed by atoms with Crippen molar-refractivity contribution in [2.24, 2.45) is 0 Å². The Labute approximate surface area is 178 Å². The molecule has 1 saturated heterocycles. The summed E-state index contributed by atoms with van der Waals surface area (Å²) in [5.74, 6) is 0.552. The van der Waals surface area contributed by atoms with Gasteiger partial charge < -0.3 is 25.4 Å². The number of nitrogens with zero attached hydrogens (tertiary/aromatic N) is 4. The van der Waals surface area contributed by atoms with Gasteiger partial charge in [0.15, 0.2) is 23.2 Å². The van der Waals surface area contributed by atoms with Crippen molar-refractivity contribution in [3.05, 3.63) is 60.7 Å². The summed E-state index contributed by atoms with van der Waals surface area (Å²) in [6, 6.07) is 14.3. The Kier molecular flexibility index (Phi) is 5.03. The van der Waals surface area contributed by atoms with Crippen molar-refractivity contribution in [1.82, 2.24) is 19.5 Å².